The Bertz CT molecular complexity index is 364. The molecule has 2 nitrogen and oxygen atoms in total. The Morgan fingerprint density at radius 1 is 1.47 bits per heavy atom. The van der Waals surface area contributed by atoms with Gasteiger partial charge in [-0.25, -0.2) is 0 Å². The van der Waals surface area contributed by atoms with Crippen LogP contribution in [0.25, 0.3) is 0 Å². The molecule has 2 fully saturated rings. The summed E-state index contributed by atoms with van der Waals surface area (Å²) < 4.78 is 5.90. The van der Waals surface area contributed by atoms with Crippen LogP contribution < -0.4 is 5.73 Å². The van der Waals surface area contributed by atoms with Crippen LogP contribution in [0.2, 0.25) is 0 Å². The van der Waals surface area contributed by atoms with Crippen LogP contribution in [0.1, 0.15) is 43.6 Å². The molecule has 1 heterocycles. The van der Waals surface area contributed by atoms with Crippen LogP contribution in [0.4, 0.5) is 0 Å². The average molecular weight is 205 g/mol. The second kappa shape index (κ2) is 3.11. The van der Waals surface area contributed by atoms with Crippen molar-refractivity contribution in [2.75, 3.05) is 6.54 Å². The molecule has 2 N–H and O–H groups in total. The van der Waals surface area contributed by atoms with Crippen molar-refractivity contribution in [2.45, 2.75) is 38.5 Å². The van der Waals surface area contributed by atoms with E-state index in [1.807, 2.05) is 0 Å². The van der Waals surface area contributed by atoms with Crippen LogP contribution in [0.3, 0.4) is 0 Å². The molecule has 0 radical (unpaired) electrons. The van der Waals surface area contributed by atoms with Crippen LogP contribution in [0.15, 0.2) is 16.5 Å². The van der Waals surface area contributed by atoms with Gasteiger partial charge in [-0.3, -0.25) is 0 Å². The molecule has 0 aliphatic heterocycles. The SMILES string of the molecule is CC1CC1c1ccc(CC2(CN)CC2)o1. The molecule has 15 heavy (non-hydrogen) atoms. The zero-order chi connectivity index (χ0) is 10.5. The second-order valence-electron chi connectivity index (χ2n) is 5.50. The highest BCUT2D eigenvalue weighted by Gasteiger charge is 2.42. The van der Waals surface area contributed by atoms with Gasteiger partial charge in [-0.15, -0.1) is 0 Å². The molecule has 2 aliphatic rings. The summed E-state index contributed by atoms with van der Waals surface area (Å²) in [6.07, 6.45) is 4.90. The molecule has 2 heteroatoms. The summed E-state index contributed by atoms with van der Waals surface area (Å²) >= 11 is 0. The average Bonchev–Trinajstić information content (AvgIpc) is 3.10. The Kier molecular flexibility index (Phi) is 1.96. The number of hydrogen-bond acceptors (Lipinski definition) is 2. The molecule has 0 spiro atoms. The summed E-state index contributed by atoms with van der Waals surface area (Å²) in [5.41, 5.74) is 6.17. The molecule has 2 unspecified atom stereocenters. The van der Waals surface area contributed by atoms with E-state index in [0.29, 0.717) is 11.3 Å². The van der Waals surface area contributed by atoms with Crippen molar-refractivity contribution in [1.29, 1.82) is 0 Å². The van der Waals surface area contributed by atoms with Gasteiger partial charge in [0.2, 0.25) is 0 Å². The van der Waals surface area contributed by atoms with E-state index >= 15 is 0 Å². The van der Waals surface area contributed by atoms with E-state index < -0.39 is 0 Å². The van der Waals surface area contributed by atoms with Crippen LogP contribution in [-0.2, 0) is 6.42 Å². The van der Waals surface area contributed by atoms with Gasteiger partial charge in [-0.1, -0.05) is 6.92 Å². The second-order valence-corrected chi connectivity index (χ2v) is 5.50. The minimum Gasteiger partial charge on any atom is -0.466 e. The normalized spacial score (nSPS) is 31.6. The largest absolute Gasteiger partial charge is 0.466 e. The maximum Gasteiger partial charge on any atom is 0.107 e. The fourth-order valence-electron chi connectivity index (χ4n) is 2.41. The summed E-state index contributed by atoms with van der Waals surface area (Å²) in [7, 11) is 0. The molecule has 2 aliphatic carbocycles. The Balaban J connectivity index is 1.68. The summed E-state index contributed by atoms with van der Waals surface area (Å²) in [5, 5.41) is 0. The summed E-state index contributed by atoms with van der Waals surface area (Å²) in [6.45, 7) is 3.10. The first kappa shape index (κ1) is 9.46. The first-order valence-corrected chi connectivity index (χ1v) is 6.01. The summed E-state index contributed by atoms with van der Waals surface area (Å²) in [5.74, 6) is 3.87. The van der Waals surface area contributed by atoms with Crippen molar-refractivity contribution in [1.82, 2.24) is 0 Å². The first-order chi connectivity index (χ1) is 7.22. The molecule has 0 aromatic carbocycles. The van der Waals surface area contributed by atoms with Crippen molar-refractivity contribution in [3.8, 4) is 0 Å². The van der Waals surface area contributed by atoms with Crippen LogP contribution in [0, 0.1) is 11.3 Å². The maximum atomic E-state index is 5.90. The van der Waals surface area contributed by atoms with Gasteiger partial charge < -0.3 is 10.2 Å². The molecule has 1 aromatic heterocycles. The molecule has 0 bridgehead atoms. The lowest BCUT2D eigenvalue weighted by Gasteiger charge is -2.08. The van der Waals surface area contributed by atoms with Gasteiger partial charge >= 0.3 is 0 Å². The fraction of sp³-hybridized carbons (Fsp3) is 0.692. The zero-order valence-electron chi connectivity index (χ0n) is 9.33. The third-order valence-electron chi connectivity index (χ3n) is 4.10. The fourth-order valence-corrected chi connectivity index (χ4v) is 2.41. The molecule has 82 valence electrons. The van der Waals surface area contributed by atoms with Gasteiger partial charge in [0.25, 0.3) is 0 Å². The topological polar surface area (TPSA) is 39.2 Å². The smallest absolute Gasteiger partial charge is 0.107 e. The van der Waals surface area contributed by atoms with E-state index in [0.717, 1.165) is 24.6 Å². The molecule has 0 saturated heterocycles. The molecule has 2 saturated carbocycles. The summed E-state index contributed by atoms with van der Waals surface area (Å²) in [4.78, 5) is 0. The van der Waals surface area contributed by atoms with Gasteiger partial charge in [-0.2, -0.15) is 0 Å². The standard InChI is InChI=1S/C13H19NO/c1-9-6-11(9)12-3-2-10(15-12)7-13(8-14)4-5-13/h2-3,9,11H,4-8,14H2,1H3. The predicted octanol–water partition coefficient (Wildman–Crippen LogP) is 2.68. The van der Waals surface area contributed by atoms with Crippen molar-refractivity contribution in [2.24, 2.45) is 17.1 Å². The van der Waals surface area contributed by atoms with Crippen LogP contribution in [-0.4, -0.2) is 6.54 Å². The van der Waals surface area contributed by atoms with Gasteiger partial charge in [0.05, 0.1) is 0 Å². The number of hydrogen-bond donors (Lipinski definition) is 1. The first-order valence-electron chi connectivity index (χ1n) is 6.01. The van der Waals surface area contributed by atoms with E-state index in [-0.39, 0.29) is 0 Å². The highest BCUT2D eigenvalue weighted by Crippen LogP contribution is 2.50. The molecule has 2 atom stereocenters. The number of nitrogens with two attached hydrogens (primary N) is 1. The number of rotatable bonds is 4. The van der Waals surface area contributed by atoms with Gasteiger partial charge in [-0.05, 0) is 49.3 Å². The van der Waals surface area contributed by atoms with E-state index in [9.17, 15) is 0 Å². The quantitative estimate of drug-likeness (QED) is 0.820. The molecule has 3 rings (SSSR count). The molecule has 1 aromatic rings. The lowest BCUT2D eigenvalue weighted by molar-refractivity contribution is 0.407. The Morgan fingerprint density at radius 3 is 2.73 bits per heavy atom. The summed E-state index contributed by atoms with van der Waals surface area (Å²) in [6, 6.07) is 4.31. The lowest BCUT2D eigenvalue weighted by atomic mass is 10.0. The zero-order valence-corrected chi connectivity index (χ0v) is 9.33. The Hall–Kier alpha value is -0.760. The van der Waals surface area contributed by atoms with Crippen molar-refractivity contribution >= 4 is 0 Å². The molecule has 0 amide bonds. The Labute approximate surface area is 90.8 Å². The minimum atomic E-state index is 0.393. The lowest BCUT2D eigenvalue weighted by Crippen LogP contribution is -2.17. The monoisotopic (exact) mass is 205 g/mol. The third-order valence-corrected chi connectivity index (χ3v) is 4.10. The maximum absolute atomic E-state index is 5.90. The van der Waals surface area contributed by atoms with E-state index in [1.165, 1.54) is 25.0 Å². The predicted molar refractivity (Wildman–Crippen MR) is 59.7 cm³/mol. The molecular formula is C13H19NO. The van der Waals surface area contributed by atoms with E-state index in [4.69, 9.17) is 10.2 Å². The van der Waals surface area contributed by atoms with E-state index in [1.54, 1.807) is 0 Å². The van der Waals surface area contributed by atoms with Gasteiger partial charge in [0, 0.05) is 12.3 Å². The van der Waals surface area contributed by atoms with E-state index in [2.05, 4.69) is 19.1 Å². The molecular weight excluding hydrogens is 186 g/mol. The van der Waals surface area contributed by atoms with Crippen molar-refractivity contribution in [3.63, 3.8) is 0 Å². The highest BCUT2D eigenvalue weighted by molar-refractivity contribution is 5.19. The minimum absolute atomic E-state index is 0.393. The Morgan fingerprint density at radius 2 is 2.20 bits per heavy atom. The third kappa shape index (κ3) is 1.71. The van der Waals surface area contributed by atoms with Gasteiger partial charge in [0.15, 0.2) is 0 Å². The highest BCUT2D eigenvalue weighted by atomic mass is 16.3. The van der Waals surface area contributed by atoms with Crippen molar-refractivity contribution in [3.05, 3.63) is 23.7 Å². The van der Waals surface area contributed by atoms with Gasteiger partial charge in [0.1, 0.15) is 11.5 Å². The van der Waals surface area contributed by atoms with Crippen molar-refractivity contribution < 1.29 is 4.42 Å². The number of furan rings is 1. The van der Waals surface area contributed by atoms with Crippen LogP contribution in [0.5, 0.6) is 0 Å². The van der Waals surface area contributed by atoms with Crippen LogP contribution >= 0.6 is 0 Å².